The van der Waals surface area contributed by atoms with Gasteiger partial charge in [-0.25, -0.2) is 0 Å². The van der Waals surface area contributed by atoms with Crippen LogP contribution in [0.4, 0.5) is 0 Å². The van der Waals surface area contributed by atoms with Crippen molar-refractivity contribution in [2.75, 3.05) is 6.61 Å². The fourth-order valence-corrected chi connectivity index (χ4v) is 2.08. The second-order valence-electron chi connectivity index (χ2n) is 4.50. The number of nitrogens with one attached hydrogen (secondary N) is 1. The van der Waals surface area contributed by atoms with Crippen molar-refractivity contribution < 1.29 is 9.53 Å². The molecule has 1 aliphatic heterocycles. The third-order valence-corrected chi connectivity index (χ3v) is 3.16. The van der Waals surface area contributed by atoms with Crippen molar-refractivity contribution in [3.8, 4) is 6.07 Å². The Balaban J connectivity index is 1.96. The number of benzene rings is 1. The van der Waals surface area contributed by atoms with Crippen molar-refractivity contribution in [1.29, 1.82) is 5.26 Å². The van der Waals surface area contributed by atoms with Crippen LogP contribution < -0.4 is 5.32 Å². The average Bonchev–Trinajstić information content (AvgIpc) is 2.92. The maximum atomic E-state index is 12.0. The van der Waals surface area contributed by atoms with Crippen molar-refractivity contribution in [3.63, 3.8) is 0 Å². The minimum atomic E-state index is -0.123. The molecule has 0 aliphatic carbocycles. The van der Waals surface area contributed by atoms with Crippen LogP contribution >= 0.6 is 0 Å². The zero-order valence-corrected chi connectivity index (χ0v) is 10.3. The Labute approximate surface area is 107 Å². The van der Waals surface area contributed by atoms with E-state index in [2.05, 4.69) is 5.32 Å². The maximum Gasteiger partial charge on any atom is 0.251 e. The van der Waals surface area contributed by atoms with E-state index in [0.29, 0.717) is 11.1 Å². The van der Waals surface area contributed by atoms with Crippen LogP contribution in [0.3, 0.4) is 0 Å². The van der Waals surface area contributed by atoms with Crippen LogP contribution in [0.25, 0.3) is 0 Å². The Kier molecular flexibility index (Phi) is 3.96. The molecule has 0 saturated carbocycles. The number of nitriles is 1. The monoisotopic (exact) mass is 244 g/mol. The molecule has 0 bridgehead atoms. The van der Waals surface area contributed by atoms with Crippen LogP contribution in [0, 0.1) is 11.3 Å². The van der Waals surface area contributed by atoms with Gasteiger partial charge in [-0.2, -0.15) is 5.26 Å². The van der Waals surface area contributed by atoms with E-state index in [0.717, 1.165) is 19.4 Å². The van der Waals surface area contributed by atoms with E-state index in [-0.39, 0.29) is 18.1 Å². The Morgan fingerprint density at radius 2 is 2.22 bits per heavy atom. The van der Waals surface area contributed by atoms with Gasteiger partial charge in [-0.15, -0.1) is 0 Å². The minimum absolute atomic E-state index is 0.00985. The lowest BCUT2D eigenvalue weighted by atomic mass is 10.1. The highest BCUT2D eigenvalue weighted by Crippen LogP contribution is 2.15. The number of carbonyl (C=O) groups is 1. The first-order valence-electron chi connectivity index (χ1n) is 6.13. The summed E-state index contributed by atoms with van der Waals surface area (Å²) in [4.78, 5) is 12.0. The van der Waals surface area contributed by atoms with Crippen molar-refractivity contribution >= 4 is 5.91 Å². The van der Waals surface area contributed by atoms with E-state index >= 15 is 0 Å². The highest BCUT2D eigenvalue weighted by Gasteiger charge is 2.23. The van der Waals surface area contributed by atoms with Gasteiger partial charge in [0.2, 0.25) is 0 Å². The van der Waals surface area contributed by atoms with E-state index in [1.54, 1.807) is 24.3 Å². The van der Waals surface area contributed by atoms with Gasteiger partial charge in [0.25, 0.3) is 5.91 Å². The summed E-state index contributed by atoms with van der Waals surface area (Å²) < 4.78 is 5.53. The Hall–Kier alpha value is -1.86. The Bertz CT molecular complexity index is 456. The first kappa shape index (κ1) is 12.6. The molecule has 0 aromatic heterocycles. The van der Waals surface area contributed by atoms with E-state index in [1.165, 1.54) is 0 Å². The molecule has 1 aliphatic rings. The molecule has 0 unspecified atom stereocenters. The molecule has 1 fully saturated rings. The molecule has 1 aromatic rings. The molecule has 2 rings (SSSR count). The van der Waals surface area contributed by atoms with E-state index < -0.39 is 0 Å². The summed E-state index contributed by atoms with van der Waals surface area (Å²) in [6, 6.07) is 8.65. The topological polar surface area (TPSA) is 62.1 Å². The van der Waals surface area contributed by atoms with Crippen LogP contribution in [-0.4, -0.2) is 24.7 Å². The number of amides is 1. The minimum Gasteiger partial charge on any atom is -0.376 e. The van der Waals surface area contributed by atoms with E-state index in [1.807, 2.05) is 13.0 Å². The summed E-state index contributed by atoms with van der Waals surface area (Å²) in [7, 11) is 0. The standard InChI is InChI=1S/C14H16N2O2/c1-10(13-3-2-8-18-13)16-14(17)12-6-4-11(9-15)5-7-12/h4-7,10,13H,2-3,8H2,1H3,(H,16,17)/t10-,13+/m0/s1. The van der Waals surface area contributed by atoms with Crippen LogP contribution in [0.2, 0.25) is 0 Å². The lowest BCUT2D eigenvalue weighted by Crippen LogP contribution is -2.40. The number of hydrogen-bond acceptors (Lipinski definition) is 3. The highest BCUT2D eigenvalue weighted by atomic mass is 16.5. The molecule has 1 N–H and O–H groups in total. The highest BCUT2D eigenvalue weighted by molar-refractivity contribution is 5.94. The largest absolute Gasteiger partial charge is 0.376 e. The molecule has 0 radical (unpaired) electrons. The number of nitrogens with zero attached hydrogens (tertiary/aromatic N) is 1. The summed E-state index contributed by atoms with van der Waals surface area (Å²) in [6.07, 6.45) is 2.17. The van der Waals surface area contributed by atoms with Gasteiger partial charge in [0.05, 0.1) is 23.8 Å². The summed E-state index contributed by atoms with van der Waals surface area (Å²) in [5.74, 6) is -0.123. The number of rotatable bonds is 3. The lowest BCUT2D eigenvalue weighted by Gasteiger charge is -2.19. The van der Waals surface area contributed by atoms with Crippen LogP contribution in [0.5, 0.6) is 0 Å². The zero-order chi connectivity index (χ0) is 13.0. The van der Waals surface area contributed by atoms with Gasteiger partial charge in [0.1, 0.15) is 0 Å². The maximum absolute atomic E-state index is 12.0. The zero-order valence-electron chi connectivity index (χ0n) is 10.3. The molecule has 2 atom stereocenters. The molecular formula is C14H16N2O2. The quantitative estimate of drug-likeness (QED) is 0.882. The average molecular weight is 244 g/mol. The van der Waals surface area contributed by atoms with Gasteiger partial charge in [-0.1, -0.05) is 0 Å². The second-order valence-corrected chi connectivity index (χ2v) is 4.50. The number of hydrogen-bond donors (Lipinski definition) is 1. The second kappa shape index (κ2) is 5.65. The van der Waals surface area contributed by atoms with Crippen LogP contribution in [0.1, 0.15) is 35.7 Å². The van der Waals surface area contributed by atoms with E-state index in [4.69, 9.17) is 10.00 Å². The van der Waals surface area contributed by atoms with Gasteiger partial charge in [-0.3, -0.25) is 4.79 Å². The molecule has 1 amide bonds. The van der Waals surface area contributed by atoms with Gasteiger partial charge in [0.15, 0.2) is 0 Å². The van der Waals surface area contributed by atoms with Gasteiger partial charge < -0.3 is 10.1 Å². The van der Waals surface area contributed by atoms with Gasteiger partial charge in [0, 0.05) is 12.2 Å². The summed E-state index contributed by atoms with van der Waals surface area (Å²) >= 11 is 0. The van der Waals surface area contributed by atoms with E-state index in [9.17, 15) is 4.79 Å². The van der Waals surface area contributed by atoms with Gasteiger partial charge >= 0.3 is 0 Å². The third-order valence-electron chi connectivity index (χ3n) is 3.16. The Morgan fingerprint density at radius 1 is 1.50 bits per heavy atom. The normalized spacial score (nSPS) is 20.1. The summed E-state index contributed by atoms with van der Waals surface area (Å²) in [6.45, 7) is 2.74. The molecule has 4 nitrogen and oxygen atoms in total. The number of carbonyl (C=O) groups excluding carboxylic acids is 1. The predicted molar refractivity (Wildman–Crippen MR) is 67.1 cm³/mol. The molecule has 1 aromatic carbocycles. The Morgan fingerprint density at radius 3 is 2.78 bits per heavy atom. The van der Waals surface area contributed by atoms with Crippen molar-refractivity contribution in [3.05, 3.63) is 35.4 Å². The summed E-state index contributed by atoms with van der Waals surface area (Å²) in [5, 5.41) is 11.6. The van der Waals surface area contributed by atoms with Crippen LogP contribution in [-0.2, 0) is 4.74 Å². The molecule has 1 saturated heterocycles. The van der Waals surface area contributed by atoms with Crippen molar-refractivity contribution in [1.82, 2.24) is 5.32 Å². The molecule has 4 heteroatoms. The van der Waals surface area contributed by atoms with Gasteiger partial charge in [-0.05, 0) is 44.0 Å². The molecule has 1 heterocycles. The first-order chi connectivity index (χ1) is 8.70. The first-order valence-corrected chi connectivity index (χ1v) is 6.13. The molecule has 94 valence electrons. The SMILES string of the molecule is C[C@H](NC(=O)c1ccc(C#N)cc1)[C@H]1CCCO1. The van der Waals surface area contributed by atoms with Crippen molar-refractivity contribution in [2.24, 2.45) is 0 Å². The lowest BCUT2D eigenvalue weighted by molar-refractivity contribution is 0.0712. The van der Waals surface area contributed by atoms with Crippen molar-refractivity contribution in [2.45, 2.75) is 31.9 Å². The smallest absolute Gasteiger partial charge is 0.251 e. The predicted octanol–water partition coefficient (Wildman–Crippen LogP) is 1.86. The summed E-state index contributed by atoms with van der Waals surface area (Å²) in [5.41, 5.74) is 1.12. The molecule has 18 heavy (non-hydrogen) atoms. The molecule has 0 spiro atoms. The number of ether oxygens (including phenoxy) is 1. The molecular weight excluding hydrogens is 228 g/mol. The fourth-order valence-electron chi connectivity index (χ4n) is 2.08. The third kappa shape index (κ3) is 2.88. The fraction of sp³-hybridized carbons (Fsp3) is 0.429. The van der Waals surface area contributed by atoms with Crippen LogP contribution in [0.15, 0.2) is 24.3 Å².